The average molecular weight is 262 g/mol. The number of hydrogen-bond acceptors (Lipinski definition) is 3. The van der Waals surface area contributed by atoms with Crippen molar-refractivity contribution in [3.05, 3.63) is 47.0 Å². The van der Waals surface area contributed by atoms with E-state index in [1.54, 1.807) is 20.0 Å². The molecule has 0 atom stereocenters. The Bertz CT molecular complexity index is 621. The van der Waals surface area contributed by atoms with Gasteiger partial charge in [-0.2, -0.15) is 5.10 Å². The van der Waals surface area contributed by atoms with E-state index >= 15 is 0 Å². The summed E-state index contributed by atoms with van der Waals surface area (Å²) in [6, 6.07) is 5.99. The van der Waals surface area contributed by atoms with Gasteiger partial charge in [-0.15, -0.1) is 0 Å². The van der Waals surface area contributed by atoms with Crippen LogP contribution in [0.3, 0.4) is 0 Å². The highest BCUT2D eigenvalue weighted by molar-refractivity contribution is 6.03. The Morgan fingerprint density at radius 1 is 1.47 bits per heavy atom. The first-order valence-corrected chi connectivity index (χ1v) is 5.81. The molecule has 6 heteroatoms. The van der Waals surface area contributed by atoms with Crippen molar-refractivity contribution >= 4 is 11.6 Å². The van der Waals surface area contributed by atoms with Gasteiger partial charge in [0.05, 0.1) is 5.69 Å². The van der Waals surface area contributed by atoms with Gasteiger partial charge in [-0.25, -0.2) is 4.39 Å². The number of nitrogens with zero attached hydrogens (tertiary/aromatic N) is 2. The van der Waals surface area contributed by atoms with E-state index in [0.29, 0.717) is 16.9 Å². The number of anilines is 1. The van der Waals surface area contributed by atoms with Crippen molar-refractivity contribution in [2.75, 3.05) is 5.32 Å². The first kappa shape index (κ1) is 13.2. The Morgan fingerprint density at radius 3 is 2.79 bits per heavy atom. The predicted molar refractivity (Wildman–Crippen MR) is 70.2 cm³/mol. The largest absolute Gasteiger partial charge is 0.326 e. The molecular weight excluding hydrogens is 247 g/mol. The normalized spacial score (nSPS) is 10.5. The van der Waals surface area contributed by atoms with Crippen LogP contribution in [0.5, 0.6) is 0 Å². The lowest BCUT2D eigenvalue weighted by Crippen LogP contribution is -2.16. The molecule has 2 aromatic rings. The zero-order chi connectivity index (χ0) is 14.0. The molecule has 2 rings (SSSR count). The van der Waals surface area contributed by atoms with Gasteiger partial charge in [0.1, 0.15) is 11.5 Å². The number of hydrogen-bond donors (Lipinski definition) is 2. The van der Waals surface area contributed by atoms with E-state index in [1.807, 2.05) is 0 Å². The van der Waals surface area contributed by atoms with Crippen molar-refractivity contribution in [3.63, 3.8) is 0 Å². The van der Waals surface area contributed by atoms with Gasteiger partial charge in [0, 0.05) is 24.8 Å². The van der Waals surface area contributed by atoms with Crippen molar-refractivity contribution in [1.82, 2.24) is 9.78 Å². The number of carbonyl (C=O) groups is 1. The maximum atomic E-state index is 13.3. The van der Waals surface area contributed by atoms with Gasteiger partial charge in [-0.05, 0) is 31.2 Å². The summed E-state index contributed by atoms with van der Waals surface area (Å²) in [5.41, 5.74) is 7.49. The molecule has 19 heavy (non-hydrogen) atoms. The minimum Gasteiger partial charge on any atom is -0.326 e. The number of aryl methyl sites for hydroxylation is 2. The molecule has 5 nitrogen and oxygen atoms in total. The first-order valence-electron chi connectivity index (χ1n) is 5.81. The van der Waals surface area contributed by atoms with Gasteiger partial charge in [0.25, 0.3) is 5.91 Å². The van der Waals surface area contributed by atoms with Crippen LogP contribution < -0.4 is 11.1 Å². The predicted octanol–water partition coefficient (Wildman–Crippen LogP) is 1.58. The van der Waals surface area contributed by atoms with Crippen molar-refractivity contribution in [1.29, 1.82) is 0 Å². The van der Waals surface area contributed by atoms with E-state index in [2.05, 4.69) is 10.4 Å². The van der Waals surface area contributed by atoms with E-state index in [9.17, 15) is 9.18 Å². The van der Waals surface area contributed by atoms with Gasteiger partial charge in [0.2, 0.25) is 0 Å². The molecule has 0 radical (unpaired) electrons. The second kappa shape index (κ2) is 5.19. The van der Waals surface area contributed by atoms with Gasteiger partial charge in [0.15, 0.2) is 0 Å². The fourth-order valence-corrected chi connectivity index (χ4v) is 1.83. The van der Waals surface area contributed by atoms with Gasteiger partial charge < -0.3 is 11.1 Å². The maximum absolute atomic E-state index is 13.3. The number of benzene rings is 1. The number of halogens is 1. The summed E-state index contributed by atoms with van der Waals surface area (Å²) < 4.78 is 14.8. The SMILES string of the molecule is Cc1cc(C(=O)Nc2ccc(F)c(CN)c2)n(C)n1. The van der Waals surface area contributed by atoms with Crippen LogP contribution in [0.2, 0.25) is 0 Å². The second-order valence-corrected chi connectivity index (χ2v) is 4.26. The quantitative estimate of drug-likeness (QED) is 0.882. The fourth-order valence-electron chi connectivity index (χ4n) is 1.83. The lowest BCUT2D eigenvalue weighted by atomic mass is 10.2. The molecule has 1 aromatic heterocycles. The minimum absolute atomic E-state index is 0.0837. The van der Waals surface area contributed by atoms with Crippen molar-refractivity contribution in [2.45, 2.75) is 13.5 Å². The van der Waals surface area contributed by atoms with E-state index in [4.69, 9.17) is 5.73 Å². The third-order valence-electron chi connectivity index (χ3n) is 2.76. The molecule has 0 spiro atoms. The summed E-state index contributed by atoms with van der Waals surface area (Å²) in [6.45, 7) is 1.89. The van der Waals surface area contributed by atoms with Gasteiger partial charge in [-0.3, -0.25) is 9.48 Å². The van der Waals surface area contributed by atoms with E-state index in [-0.39, 0.29) is 18.3 Å². The number of aromatic nitrogens is 2. The van der Waals surface area contributed by atoms with Gasteiger partial charge in [-0.1, -0.05) is 0 Å². The highest BCUT2D eigenvalue weighted by atomic mass is 19.1. The Hall–Kier alpha value is -2.21. The zero-order valence-electron chi connectivity index (χ0n) is 10.8. The molecule has 100 valence electrons. The summed E-state index contributed by atoms with van der Waals surface area (Å²) in [4.78, 5) is 12.0. The number of nitrogens with two attached hydrogens (primary N) is 1. The smallest absolute Gasteiger partial charge is 0.273 e. The molecule has 0 unspecified atom stereocenters. The fraction of sp³-hybridized carbons (Fsp3) is 0.231. The summed E-state index contributed by atoms with van der Waals surface area (Å²) in [5.74, 6) is -0.672. The number of nitrogens with one attached hydrogen (secondary N) is 1. The molecule has 1 heterocycles. The van der Waals surface area contributed by atoms with Crippen molar-refractivity contribution < 1.29 is 9.18 Å². The van der Waals surface area contributed by atoms with Crippen LogP contribution in [-0.4, -0.2) is 15.7 Å². The van der Waals surface area contributed by atoms with E-state index in [0.717, 1.165) is 5.69 Å². The topological polar surface area (TPSA) is 72.9 Å². The Labute approximate surface area is 110 Å². The van der Waals surface area contributed by atoms with E-state index in [1.165, 1.54) is 22.9 Å². The molecule has 0 aliphatic carbocycles. The van der Waals surface area contributed by atoms with Crippen LogP contribution in [0.25, 0.3) is 0 Å². The first-order chi connectivity index (χ1) is 9.01. The number of carbonyl (C=O) groups excluding carboxylic acids is 1. The third-order valence-corrected chi connectivity index (χ3v) is 2.76. The summed E-state index contributed by atoms with van der Waals surface area (Å²) in [5, 5.41) is 6.79. The monoisotopic (exact) mass is 262 g/mol. The maximum Gasteiger partial charge on any atom is 0.273 e. The second-order valence-electron chi connectivity index (χ2n) is 4.26. The van der Waals surface area contributed by atoms with Crippen LogP contribution in [-0.2, 0) is 13.6 Å². The van der Waals surface area contributed by atoms with Crippen LogP contribution in [0.1, 0.15) is 21.7 Å². The molecule has 0 fully saturated rings. The minimum atomic E-state index is -0.378. The average Bonchev–Trinajstić information content (AvgIpc) is 2.71. The molecule has 0 saturated heterocycles. The molecule has 1 aromatic carbocycles. The third kappa shape index (κ3) is 2.79. The Balaban J connectivity index is 2.21. The molecule has 1 amide bonds. The highest BCUT2D eigenvalue weighted by Crippen LogP contribution is 2.15. The van der Waals surface area contributed by atoms with Crippen LogP contribution in [0.15, 0.2) is 24.3 Å². The van der Waals surface area contributed by atoms with Crippen molar-refractivity contribution in [3.8, 4) is 0 Å². The molecule has 0 bridgehead atoms. The lowest BCUT2D eigenvalue weighted by Gasteiger charge is -2.07. The van der Waals surface area contributed by atoms with Gasteiger partial charge >= 0.3 is 0 Å². The summed E-state index contributed by atoms with van der Waals surface area (Å²) >= 11 is 0. The molecular formula is C13H15FN4O. The summed E-state index contributed by atoms with van der Waals surface area (Å²) in [6.07, 6.45) is 0. The molecule has 0 aliphatic rings. The summed E-state index contributed by atoms with van der Waals surface area (Å²) in [7, 11) is 1.69. The van der Waals surface area contributed by atoms with E-state index < -0.39 is 0 Å². The highest BCUT2D eigenvalue weighted by Gasteiger charge is 2.12. The van der Waals surface area contributed by atoms with Crippen molar-refractivity contribution in [2.24, 2.45) is 12.8 Å². The molecule has 0 aliphatic heterocycles. The molecule has 3 N–H and O–H groups in total. The van der Waals surface area contributed by atoms with Crippen LogP contribution in [0.4, 0.5) is 10.1 Å². The van der Waals surface area contributed by atoms with Crippen LogP contribution in [0, 0.1) is 12.7 Å². The zero-order valence-corrected chi connectivity index (χ0v) is 10.8. The lowest BCUT2D eigenvalue weighted by molar-refractivity contribution is 0.101. The number of rotatable bonds is 3. The standard InChI is InChI=1S/C13H15FN4O/c1-8-5-12(18(2)17-8)13(19)16-10-3-4-11(14)9(6-10)7-15/h3-6H,7,15H2,1-2H3,(H,16,19). The van der Waals surface area contributed by atoms with Crippen LogP contribution >= 0.6 is 0 Å². The number of amides is 1. The Kier molecular flexibility index (Phi) is 3.62. The molecule has 0 saturated carbocycles. The Morgan fingerprint density at radius 2 is 2.21 bits per heavy atom.